The summed E-state index contributed by atoms with van der Waals surface area (Å²) >= 11 is 0. The van der Waals surface area contributed by atoms with E-state index in [9.17, 15) is 8.42 Å². The predicted molar refractivity (Wildman–Crippen MR) is 75.8 cm³/mol. The number of anilines is 1. The van der Waals surface area contributed by atoms with Crippen LogP contribution < -0.4 is 5.32 Å². The maximum atomic E-state index is 12.6. The van der Waals surface area contributed by atoms with Crippen molar-refractivity contribution in [3.05, 3.63) is 23.8 Å². The van der Waals surface area contributed by atoms with Gasteiger partial charge in [-0.15, -0.1) is 0 Å². The monoisotopic (exact) mass is 280 g/mol. The van der Waals surface area contributed by atoms with Gasteiger partial charge in [-0.3, -0.25) is 0 Å². The second kappa shape index (κ2) is 4.80. The van der Waals surface area contributed by atoms with Crippen LogP contribution in [0.5, 0.6) is 0 Å². The molecule has 0 aliphatic carbocycles. The highest BCUT2D eigenvalue weighted by Gasteiger charge is 2.31. The van der Waals surface area contributed by atoms with Crippen molar-refractivity contribution in [1.82, 2.24) is 4.31 Å². The van der Waals surface area contributed by atoms with Gasteiger partial charge in [0.1, 0.15) is 0 Å². The lowest BCUT2D eigenvalue weighted by Gasteiger charge is -2.21. The molecular weight excluding hydrogens is 260 g/mol. The second-order valence-electron chi connectivity index (χ2n) is 5.61. The molecule has 19 heavy (non-hydrogen) atoms. The van der Waals surface area contributed by atoms with Gasteiger partial charge in [0.25, 0.3) is 0 Å². The smallest absolute Gasteiger partial charge is 0.243 e. The van der Waals surface area contributed by atoms with Crippen LogP contribution in [0.2, 0.25) is 0 Å². The standard InChI is InChI=1S/C14H20N2O2S/c1-11-6-8-16(10-11)19(17,18)13-5-4-12-3-2-7-15-14(12)9-13/h4-5,9,11,15H,2-3,6-8,10H2,1H3. The Hall–Kier alpha value is -1.07. The van der Waals surface area contributed by atoms with Crippen molar-refractivity contribution >= 4 is 15.7 Å². The quantitative estimate of drug-likeness (QED) is 0.902. The highest BCUT2D eigenvalue weighted by molar-refractivity contribution is 7.89. The van der Waals surface area contributed by atoms with Gasteiger partial charge in [0, 0.05) is 25.3 Å². The van der Waals surface area contributed by atoms with E-state index in [1.807, 2.05) is 6.07 Å². The Labute approximate surface area is 114 Å². The number of sulfonamides is 1. The van der Waals surface area contributed by atoms with E-state index in [-0.39, 0.29) is 0 Å². The zero-order chi connectivity index (χ0) is 13.5. The molecule has 5 heteroatoms. The van der Waals surface area contributed by atoms with Crippen LogP contribution in [0.1, 0.15) is 25.3 Å². The molecule has 1 N–H and O–H groups in total. The highest BCUT2D eigenvalue weighted by Crippen LogP contribution is 2.29. The number of hydrogen-bond acceptors (Lipinski definition) is 3. The number of hydrogen-bond donors (Lipinski definition) is 1. The third-order valence-corrected chi connectivity index (χ3v) is 5.91. The molecule has 1 aromatic carbocycles. The maximum absolute atomic E-state index is 12.6. The Morgan fingerprint density at radius 3 is 2.95 bits per heavy atom. The largest absolute Gasteiger partial charge is 0.385 e. The highest BCUT2D eigenvalue weighted by atomic mass is 32.2. The van der Waals surface area contributed by atoms with E-state index in [1.54, 1.807) is 16.4 Å². The predicted octanol–water partition coefficient (Wildman–Crippen LogP) is 2.08. The lowest BCUT2D eigenvalue weighted by atomic mass is 10.0. The van der Waals surface area contributed by atoms with E-state index in [1.165, 1.54) is 5.56 Å². The molecule has 0 amide bonds. The maximum Gasteiger partial charge on any atom is 0.243 e. The van der Waals surface area contributed by atoms with Gasteiger partial charge >= 0.3 is 0 Å². The van der Waals surface area contributed by atoms with Crippen molar-refractivity contribution in [2.75, 3.05) is 25.0 Å². The third kappa shape index (κ3) is 2.37. The van der Waals surface area contributed by atoms with Crippen LogP contribution in [0.15, 0.2) is 23.1 Å². The van der Waals surface area contributed by atoms with E-state index in [0.29, 0.717) is 23.9 Å². The van der Waals surface area contributed by atoms with Crippen molar-refractivity contribution in [3.63, 3.8) is 0 Å². The molecule has 0 spiro atoms. The molecule has 2 aliphatic rings. The van der Waals surface area contributed by atoms with E-state index in [2.05, 4.69) is 12.2 Å². The fraction of sp³-hybridized carbons (Fsp3) is 0.571. The van der Waals surface area contributed by atoms with E-state index >= 15 is 0 Å². The third-order valence-electron chi connectivity index (χ3n) is 4.04. The second-order valence-corrected chi connectivity index (χ2v) is 7.54. The summed E-state index contributed by atoms with van der Waals surface area (Å²) in [6.45, 7) is 4.32. The van der Waals surface area contributed by atoms with Crippen LogP contribution in [0.25, 0.3) is 0 Å². The summed E-state index contributed by atoms with van der Waals surface area (Å²) in [6.07, 6.45) is 3.11. The van der Waals surface area contributed by atoms with Crippen molar-refractivity contribution in [2.45, 2.75) is 31.1 Å². The van der Waals surface area contributed by atoms with Gasteiger partial charge in [0.15, 0.2) is 0 Å². The van der Waals surface area contributed by atoms with Crippen molar-refractivity contribution in [3.8, 4) is 0 Å². The summed E-state index contributed by atoms with van der Waals surface area (Å²) in [6, 6.07) is 5.50. The first-order valence-corrected chi connectivity index (χ1v) is 8.38. The Morgan fingerprint density at radius 1 is 1.37 bits per heavy atom. The summed E-state index contributed by atoms with van der Waals surface area (Å²) in [7, 11) is -3.31. The molecule has 1 saturated heterocycles. The van der Waals surface area contributed by atoms with Gasteiger partial charge in [-0.25, -0.2) is 8.42 Å². The summed E-state index contributed by atoms with van der Waals surface area (Å²) in [5.74, 6) is 0.463. The number of aryl methyl sites for hydroxylation is 1. The molecule has 0 saturated carbocycles. The molecule has 1 unspecified atom stereocenters. The average Bonchev–Trinajstić information content (AvgIpc) is 2.85. The molecule has 0 radical (unpaired) electrons. The van der Waals surface area contributed by atoms with Gasteiger partial charge in [0.2, 0.25) is 10.0 Å². The molecular formula is C14H20N2O2S. The van der Waals surface area contributed by atoms with Gasteiger partial charge in [-0.05, 0) is 42.9 Å². The average molecular weight is 280 g/mol. The normalized spacial score (nSPS) is 23.9. The van der Waals surface area contributed by atoms with E-state index in [0.717, 1.165) is 31.5 Å². The summed E-state index contributed by atoms with van der Waals surface area (Å²) in [5.41, 5.74) is 2.21. The zero-order valence-corrected chi connectivity index (χ0v) is 12.0. The van der Waals surface area contributed by atoms with Crippen molar-refractivity contribution in [2.24, 2.45) is 5.92 Å². The first-order chi connectivity index (χ1) is 9.07. The van der Waals surface area contributed by atoms with Crippen molar-refractivity contribution in [1.29, 1.82) is 0 Å². The van der Waals surface area contributed by atoms with E-state index < -0.39 is 10.0 Å². The van der Waals surface area contributed by atoms with Crippen LogP contribution in [0.3, 0.4) is 0 Å². The van der Waals surface area contributed by atoms with Gasteiger partial charge in [-0.1, -0.05) is 13.0 Å². The lowest BCUT2D eigenvalue weighted by molar-refractivity contribution is 0.464. The molecule has 2 heterocycles. The summed E-state index contributed by atoms with van der Waals surface area (Å²) in [5, 5.41) is 3.29. The van der Waals surface area contributed by atoms with E-state index in [4.69, 9.17) is 0 Å². The van der Waals surface area contributed by atoms with Gasteiger partial charge in [-0.2, -0.15) is 4.31 Å². The molecule has 4 nitrogen and oxygen atoms in total. The number of benzene rings is 1. The molecule has 3 rings (SSSR count). The lowest BCUT2D eigenvalue weighted by Crippen LogP contribution is -2.29. The van der Waals surface area contributed by atoms with Crippen LogP contribution in [0.4, 0.5) is 5.69 Å². The minimum absolute atomic E-state index is 0.426. The number of nitrogens with one attached hydrogen (secondary N) is 1. The SMILES string of the molecule is CC1CCN(S(=O)(=O)c2ccc3c(c2)NCCC3)C1. The molecule has 0 bridgehead atoms. The van der Waals surface area contributed by atoms with Gasteiger partial charge in [0.05, 0.1) is 4.90 Å². The molecule has 104 valence electrons. The number of rotatable bonds is 2. The molecule has 1 atom stereocenters. The first kappa shape index (κ1) is 12.9. The minimum Gasteiger partial charge on any atom is -0.385 e. The topological polar surface area (TPSA) is 49.4 Å². The molecule has 1 aromatic rings. The Morgan fingerprint density at radius 2 is 2.21 bits per heavy atom. The van der Waals surface area contributed by atoms with Crippen molar-refractivity contribution < 1.29 is 8.42 Å². The van der Waals surface area contributed by atoms with Gasteiger partial charge < -0.3 is 5.32 Å². The van der Waals surface area contributed by atoms with Crippen LogP contribution >= 0.6 is 0 Å². The molecule has 0 aromatic heterocycles. The minimum atomic E-state index is -3.31. The fourth-order valence-corrected chi connectivity index (χ4v) is 4.46. The van der Waals surface area contributed by atoms with Crippen LogP contribution in [-0.4, -0.2) is 32.4 Å². The Kier molecular flexibility index (Phi) is 3.27. The molecule has 1 fully saturated rings. The summed E-state index contributed by atoms with van der Waals surface area (Å²) < 4.78 is 26.7. The van der Waals surface area contributed by atoms with Crippen LogP contribution in [-0.2, 0) is 16.4 Å². The Bertz CT molecular complexity index is 583. The number of nitrogens with zero attached hydrogens (tertiary/aromatic N) is 1. The first-order valence-electron chi connectivity index (χ1n) is 6.94. The summed E-state index contributed by atoms with van der Waals surface area (Å²) in [4.78, 5) is 0.426. The fourth-order valence-electron chi connectivity index (χ4n) is 2.86. The molecule has 2 aliphatic heterocycles. The van der Waals surface area contributed by atoms with Crippen LogP contribution in [0, 0.1) is 5.92 Å². The number of fused-ring (bicyclic) bond motifs is 1. The zero-order valence-electron chi connectivity index (χ0n) is 11.2. The Balaban J connectivity index is 1.93.